The van der Waals surface area contributed by atoms with Crippen molar-refractivity contribution in [1.82, 2.24) is 5.32 Å². The van der Waals surface area contributed by atoms with Gasteiger partial charge >= 0.3 is 0 Å². The number of hydrogen-bond acceptors (Lipinski definition) is 3. The first-order valence-corrected chi connectivity index (χ1v) is 9.78. The SMILES string of the molecule is CN=C(NCC1C2Cc3ccccc3C12)Nc1ccc2c(c1)OCCCO2. The molecule has 0 bridgehead atoms. The summed E-state index contributed by atoms with van der Waals surface area (Å²) in [5, 5.41) is 6.87. The lowest BCUT2D eigenvalue weighted by molar-refractivity contribution is 0.297. The van der Waals surface area contributed by atoms with E-state index >= 15 is 0 Å². The summed E-state index contributed by atoms with van der Waals surface area (Å²) in [6.07, 6.45) is 2.13. The van der Waals surface area contributed by atoms with E-state index in [9.17, 15) is 0 Å². The highest BCUT2D eigenvalue weighted by Gasteiger charge is 2.54. The van der Waals surface area contributed by atoms with Gasteiger partial charge in [0.25, 0.3) is 0 Å². The predicted octanol–water partition coefficient (Wildman–Crippen LogP) is 3.42. The molecule has 1 heterocycles. The van der Waals surface area contributed by atoms with Gasteiger partial charge in [-0.25, -0.2) is 0 Å². The summed E-state index contributed by atoms with van der Waals surface area (Å²) in [6, 6.07) is 14.8. The Morgan fingerprint density at radius 3 is 2.85 bits per heavy atom. The van der Waals surface area contributed by atoms with Crippen molar-refractivity contribution >= 4 is 11.6 Å². The van der Waals surface area contributed by atoms with Crippen molar-refractivity contribution in [2.24, 2.45) is 16.8 Å². The van der Waals surface area contributed by atoms with Gasteiger partial charge in [0, 0.05) is 31.8 Å². The maximum Gasteiger partial charge on any atom is 0.195 e. The molecule has 0 saturated heterocycles. The number of nitrogens with zero attached hydrogens (tertiary/aromatic N) is 1. The van der Waals surface area contributed by atoms with Crippen LogP contribution in [0.15, 0.2) is 47.5 Å². The zero-order valence-corrected chi connectivity index (χ0v) is 15.6. The molecular formula is C22H25N3O2. The third-order valence-electron chi connectivity index (χ3n) is 5.94. The summed E-state index contributed by atoms with van der Waals surface area (Å²) in [4.78, 5) is 4.37. The Bertz CT molecular complexity index is 880. The van der Waals surface area contributed by atoms with Gasteiger partial charge in [-0.2, -0.15) is 0 Å². The Morgan fingerprint density at radius 2 is 1.96 bits per heavy atom. The molecule has 3 unspecified atom stereocenters. The third-order valence-corrected chi connectivity index (χ3v) is 5.94. The number of ether oxygens (including phenoxy) is 2. The Hall–Kier alpha value is -2.69. The van der Waals surface area contributed by atoms with E-state index in [4.69, 9.17) is 9.47 Å². The Labute approximate surface area is 159 Å². The first kappa shape index (κ1) is 16.5. The first-order chi connectivity index (χ1) is 13.3. The zero-order valence-electron chi connectivity index (χ0n) is 15.6. The van der Waals surface area contributed by atoms with Crippen LogP contribution in [0.3, 0.4) is 0 Å². The molecule has 1 aliphatic heterocycles. The van der Waals surface area contributed by atoms with E-state index in [1.54, 1.807) is 18.2 Å². The van der Waals surface area contributed by atoms with Crippen molar-refractivity contribution in [3.05, 3.63) is 53.6 Å². The number of rotatable bonds is 3. The van der Waals surface area contributed by atoms with Crippen LogP contribution in [0.5, 0.6) is 11.5 Å². The van der Waals surface area contributed by atoms with Crippen molar-refractivity contribution < 1.29 is 9.47 Å². The van der Waals surface area contributed by atoms with Crippen molar-refractivity contribution in [3.8, 4) is 11.5 Å². The van der Waals surface area contributed by atoms with Crippen LogP contribution >= 0.6 is 0 Å². The summed E-state index contributed by atoms with van der Waals surface area (Å²) in [7, 11) is 1.81. The Balaban J connectivity index is 1.20. The molecule has 5 nitrogen and oxygen atoms in total. The minimum Gasteiger partial charge on any atom is -0.490 e. The van der Waals surface area contributed by atoms with E-state index in [1.165, 1.54) is 6.42 Å². The highest BCUT2D eigenvalue weighted by atomic mass is 16.5. The molecule has 3 atom stereocenters. The van der Waals surface area contributed by atoms with Crippen molar-refractivity contribution in [2.45, 2.75) is 18.8 Å². The monoisotopic (exact) mass is 363 g/mol. The van der Waals surface area contributed by atoms with Gasteiger partial charge in [0.1, 0.15) is 0 Å². The maximum absolute atomic E-state index is 5.77. The molecule has 3 aliphatic rings. The largest absolute Gasteiger partial charge is 0.490 e. The van der Waals surface area contributed by atoms with Crippen LogP contribution in [-0.4, -0.2) is 32.8 Å². The van der Waals surface area contributed by atoms with Crippen LogP contribution in [-0.2, 0) is 6.42 Å². The maximum atomic E-state index is 5.77. The minimum atomic E-state index is 0.690. The number of guanidine groups is 1. The molecule has 5 rings (SSSR count). The van der Waals surface area contributed by atoms with E-state index < -0.39 is 0 Å². The fourth-order valence-electron chi connectivity index (χ4n) is 4.53. The van der Waals surface area contributed by atoms with Gasteiger partial charge in [-0.15, -0.1) is 0 Å². The van der Waals surface area contributed by atoms with Crippen LogP contribution in [0, 0.1) is 11.8 Å². The molecule has 27 heavy (non-hydrogen) atoms. The van der Waals surface area contributed by atoms with Crippen LogP contribution < -0.4 is 20.1 Å². The second-order valence-electron chi connectivity index (χ2n) is 7.55. The van der Waals surface area contributed by atoms with Gasteiger partial charge in [0.2, 0.25) is 0 Å². The average molecular weight is 363 g/mol. The number of nitrogens with one attached hydrogen (secondary N) is 2. The number of anilines is 1. The van der Waals surface area contributed by atoms with Crippen molar-refractivity contribution in [3.63, 3.8) is 0 Å². The molecule has 0 amide bonds. The van der Waals surface area contributed by atoms with Crippen molar-refractivity contribution in [1.29, 1.82) is 0 Å². The van der Waals surface area contributed by atoms with Gasteiger partial charge < -0.3 is 20.1 Å². The van der Waals surface area contributed by atoms with E-state index in [1.807, 2.05) is 18.2 Å². The lowest BCUT2D eigenvalue weighted by Gasteiger charge is -2.15. The number of hydrogen-bond donors (Lipinski definition) is 2. The van der Waals surface area contributed by atoms with Crippen LogP contribution in [0.2, 0.25) is 0 Å². The highest BCUT2D eigenvalue weighted by molar-refractivity contribution is 5.93. The number of aliphatic imine (C=N–C) groups is 1. The molecule has 0 radical (unpaired) electrons. The van der Waals surface area contributed by atoms with Crippen LogP contribution in [0.4, 0.5) is 5.69 Å². The highest BCUT2D eigenvalue weighted by Crippen LogP contribution is 2.60. The number of benzene rings is 2. The van der Waals surface area contributed by atoms with E-state index in [0.29, 0.717) is 19.1 Å². The smallest absolute Gasteiger partial charge is 0.195 e. The molecule has 2 aliphatic carbocycles. The fourth-order valence-corrected chi connectivity index (χ4v) is 4.53. The van der Waals surface area contributed by atoms with Gasteiger partial charge in [0.05, 0.1) is 13.2 Å². The summed E-state index contributed by atoms with van der Waals surface area (Å²) >= 11 is 0. The third kappa shape index (κ3) is 3.11. The average Bonchev–Trinajstić information content (AvgIpc) is 3.32. The summed E-state index contributed by atoms with van der Waals surface area (Å²) in [5.74, 6) is 4.63. The minimum absolute atomic E-state index is 0.690. The van der Waals surface area contributed by atoms with Gasteiger partial charge in [-0.3, -0.25) is 4.99 Å². The Morgan fingerprint density at radius 1 is 1.11 bits per heavy atom. The molecule has 1 saturated carbocycles. The summed E-state index contributed by atoms with van der Waals surface area (Å²) in [6.45, 7) is 2.35. The fraction of sp³-hybridized carbons (Fsp3) is 0.409. The molecule has 140 valence electrons. The quantitative estimate of drug-likeness (QED) is 0.648. The number of fused-ring (bicyclic) bond motifs is 4. The van der Waals surface area contributed by atoms with Crippen LogP contribution in [0.25, 0.3) is 0 Å². The first-order valence-electron chi connectivity index (χ1n) is 9.78. The normalized spacial score (nSPS) is 25.2. The predicted molar refractivity (Wildman–Crippen MR) is 107 cm³/mol. The molecular weight excluding hydrogens is 338 g/mol. The second kappa shape index (κ2) is 6.80. The molecule has 2 aromatic rings. The van der Waals surface area contributed by atoms with E-state index in [0.717, 1.165) is 47.9 Å². The molecule has 2 aromatic carbocycles. The molecule has 5 heteroatoms. The lowest BCUT2D eigenvalue weighted by atomic mass is 10.0. The lowest BCUT2D eigenvalue weighted by Crippen LogP contribution is -2.33. The summed E-state index contributed by atoms with van der Waals surface area (Å²) < 4.78 is 11.5. The van der Waals surface area contributed by atoms with Gasteiger partial charge in [-0.05, 0) is 47.4 Å². The standard InChI is InChI=1S/C22H25N3O2/c1-23-22(25-15-7-8-19-20(12-15)27-10-4-9-26-19)24-13-18-17-11-14-5-2-3-6-16(14)21(17)18/h2-3,5-8,12,17-18,21H,4,9-11,13H2,1H3,(H2,23,24,25). The molecule has 1 fully saturated rings. The van der Waals surface area contributed by atoms with Crippen molar-refractivity contribution in [2.75, 3.05) is 32.1 Å². The molecule has 0 spiro atoms. The van der Waals surface area contributed by atoms with Gasteiger partial charge in [-0.1, -0.05) is 24.3 Å². The second-order valence-corrected chi connectivity index (χ2v) is 7.55. The summed E-state index contributed by atoms with van der Waals surface area (Å²) in [5.41, 5.74) is 4.05. The molecule has 2 N–H and O–H groups in total. The Kier molecular flexibility index (Phi) is 4.15. The zero-order chi connectivity index (χ0) is 18.2. The van der Waals surface area contributed by atoms with E-state index in [-0.39, 0.29) is 0 Å². The topological polar surface area (TPSA) is 54.9 Å². The van der Waals surface area contributed by atoms with E-state index in [2.05, 4.69) is 39.9 Å². The molecule has 0 aromatic heterocycles. The van der Waals surface area contributed by atoms with Gasteiger partial charge in [0.15, 0.2) is 17.5 Å². The van der Waals surface area contributed by atoms with Crippen LogP contribution in [0.1, 0.15) is 23.5 Å².